The first-order valence-corrected chi connectivity index (χ1v) is 7.04. The average molecular weight is 283 g/mol. The van der Waals surface area contributed by atoms with Crippen LogP contribution in [-0.4, -0.2) is 34.1 Å². The van der Waals surface area contributed by atoms with Crippen molar-refractivity contribution in [3.8, 4) is 11.3 Å². The van der Waals surface area contributed by atoms with Crippen molar-refractivity contribution in [1.82, 2.24) is 15.3 Å². The molecule has 108 valence electrons. The van der Waals surface area contributed by atoms with Crippen LogP contribution >= 0.6 is 0 Å². The zero-order valence-corrected chi connectivity index (χ0v) is 11.8. The quantitative estimate of drug-likeness (QED) is 0.903. The van der Waals surface area contributed by atoms with Crippen LogP contribution in [0.15, 0.2) is 30.3 Å². The van der Waals surface area contributed by atoms with Gasteiger partial charge in [-0.2, -0.15) is 0 Å². The monoisotopic (exact) mass is 283 g/mol. The van der Waals surface area contributed by atoms with Gasteiger partial charge in [-0.25, -0.2) is 14.8 Å². The van der Waals surface area contributed by atoms with E-state index in [2.05, 4.69) is 15.3 Å². The molecule has 0 saturated carbocycles. The molecule has 2 N–H and O–H groups in total. The minimum Gasteiger partial charge on any atom is -0.478 e. The van der Waals surface area contributed by atoms with Crippen LogP contribution < -0.4 is 5.32 Å². The Kier molecular flexibility index (Phi) is 3.66. The Labute approximate surface area is 123 Å². The number of nitrogens with one attached hydrogen (secondary N) is 1. The highest BCUT2D eigenvalue weighted by Gasteiger charge is 2.20. The van der Waals surface area contributed by atoms with Crippen molar-refractivity contribution >= 4 is 5.97 Å². The fourth-order valence-electron chi connectivity index (χ4n) is 2.74. The molecule has 0 aliphatic carbocycles. The van der Waals surface area contributed by atoms with Crippen molar-refractivity contribution in [1.29, 1.82) is 0 Å². The zero-order valence-electron chi connectivity index (χ0n) is 11.8. The molecule has 1 saturated heterocycles. The number of benzene rings is 1. The van der Waals surface area contributed by atoms with Gasteiger partial charge >= 0.3 is 5.97 Å². The topological polar surface area (TPSA) is 75.1 Å². The predicted octanol–water partition coefficient (Wildman–Crippen LogP) is 2.23. The molecule has 0 spiro atoms. The molecule has 3 rings (SSSR count). The number of rotatable bonds is 3. The maximum atomic E-state index is 11.4. The lowest BCUT2D eigenvalue weighted by Crippen LogP contribution is -2.10. The van der Waals surface area contributed by atoms with Crippen LogP contribution in [0.2, 0.25) is 0 Å². The molecule has 0 amide bonds. The van der Waals surface area contributed by atoms with Gasteiger partial charge in [-0.3, -0.25) is 0 Å². The second-order valence-electron chi connectivity index (χ2n) is 5.27. The summed E-state index contributed by atoms with van der Waals surface area (Å²) in [4.78, 5) is 20.3. The van der Waals surface area contributed by atoms with Crippen LogP contribution in [0.1, 0.15) is 34.2 Å². The van der Waals surface area contributed by atoms with Crippen LogP contribution in [0.4, 0.5) is 0 Å². The number of aryl methyl sites for hydroxylation is 1. The third kappa shape index (κ3) is 2.78. The highest BCUT2D eigenvalue weighted by Crippen LogP contribution is 2.27. The molecule has 1 aromatic heterocycles. The van der Waals surface area contributed by atoms with E-state index in [1.807, 2.05) is 19.1 Å². The van der Waals surface area contributed by atoms with E-state index in [9.17, 15) is 9.90 Å². The van der Waals surface area contributed by atoms with Gasteiger partial charge in [-0.15, -0.1) is 0 Å². The molecule has 1 aliphatic rings. The van der Waals surface area contributed by atoms with Crippen molar-refractivity contribution < 1.29 is 9.90 Å². The van der Waals surface area contributed by atoms with Gasteiger partial charge in [-0.05, 0) is 32.0 Å². The lowest BCUT2D eigenvalue weighted by atomic mass is 9.99. The fourth-order valence-corrected chi connectivity index (χ4v) is 2.74. The van der Waals surface area contributed by atoms with Crippen LogP contribution in [-0.2, 0) is 0 Å². The van der Waals surface area contributed by atoms with Gasteiger partial charge in [0.05, 0.1) is 11.3 Å². The molecule has 0 unspecified atom stereocenters. The first-order valence-electron chi connectivity index (χ1n) is 7.04. The maximum Gasteiger partial charge on any atom is 0.336 e. The van der Waals surface area contributed by atoms with Crippen molar-refractivity contribution in [2.24, 2.45) is 0 Å². The van der Waals surface area contributed by atoms with Crippen LogP contribution in [0.25, 0.3) is 11.3 Å². The number of carboxylic acid groups (broad SMARTS) is 1. The minimum atomic E-state index is -0.939. The Hall–Kier alpha value is -2.27. The number of carboxylic acids is 1. The number of nitrogens with zero attached hydrogens (tertiary/aromatic N) is 2. The van der Waals surface area contributed by atoms with E-state index in [0.29, 0.717) is 23.0 Å². The minimum absolute atomic E-state index is 0.270. The van der Waals surface area contributed by atoms with Gasteiger partial charge in [0.25, 0.3) is 0 Å². The summed E-state index contributed by atoms with van der Waals surface area (Å²) in [5.74, 6) is 0.114. The Bertz CT molecular complexity index is 679. The molecular formula is C16H17N3O2. The molecule has 2 aromatic rings. The average Bonchev–Trinajstić information content (AvgIpc) is 3.01. The molecule has 1 aromatic carbocycles. The number of hydrogen-bond donors (Lipinski definition) is 2. The van der Waals surface area contributed by atoms with Crippen LogP contribution in [0.5, 0.6) is 0 Å². The lowest BCUT2D eigenvalue weighted by molar-refractivity contribution is 0.0697. The lowest BCUT2D eigenvalue weighted by Gasteiger charge is -2.12. The highest BCUT2D eigenvalue weighted by molar-refractivity contribution is 5.95. The summed E-state index contributed by atoms with van der Waals surface area (Å²) in [6.07, 6.45) is 1.05. The molecule has 1 atom stereocenters. The summed E-state index contributed by atoms with van der Waals surface area (Å²) >= 11 is 0. The molecule has 1 fully saturated rings. The van der Waals surface area contributed by atoms with Crippen LogP contribution in [0.3, 0.4) is 0 Å². The second kappa shape index (κ2) is 5.61. The molecule has 5 nitrogen and oxygen atoms in total. The zero-order chi connectivity index (χ0) is 14.8. The van der Waals surface area contributed by atoms with E-state index in [4.69, 9.17) is 0 Å². The number of aromatic carboxylic acids is 1. The molecular weight excluding hydrogens is 266 g/mol. The van der Waals surface area contributed by atoms with E-state index in [-0.39, 0.29) is 5.56 Å². The third-order valence-electron chi connectivity index (χ3n) is 3.77. The van der Waals surface area contributed by atoms with E-state index < -0.39 is 5.97 Å². The number of hydrogen-bond acceptors (Lipinski definition) is 4. The predicted molar refractivity (Wildman–Crippen MR) is 79.4 cm³/mol. The van der Waals surface area contributed by atoms with Gasteiger partial charge in [0.15, 0.2) is 0 Å². The van der Waals surface area contributed by atoms with Crippen molar-refractivity contribution in [3.05, 3.63) is 47.4 Å². The summed E-state index contributed by atoms with van der Waals surface area (Å²) < 4.78 is 0. The third-order valence-corrected chi connectivity index (χ3v) is 3.77. The maximum absolute atomic E-state index is 11.4. The summed E-state index contributed by atoms with van der Waals surface area (Å²) in [5, 5.41) is 12.6. The molecule has 21 heavy (non-hydrogen) atoms. The van der Waals surface area contributed by atoms with E-state index in [0.717, 1.165) is 25.2 Å². The standard InChI is InChI=1S/C16H17N3O2/c1-10-18-14(11-6-7-17-9-11)8-15(19-10)12-4-2-3-5-13(12)16(20)21/h2-5,8,11,17H,6-7,9H2,1H3,(H,20,21)/t11-/m1/s1. The SMILES string of the molecule is Cc1nc(-c2ccccc2C(=O)O)cc([C@@H]2CCNC2)n1. The Morgan fingerprint density at radius 2 is 2.14 bits per heavy atom. The van der Waals surface area contributed by atoms with Gasteiger partial charge in [0.1, 0.15) is 5.82 Å². The van der Waals surface area contributed by atoms with Gasteiger partial charge in [-0.1, -0.05) is 18.2 Å². The number of carbonyl (C=O) groups is 1. The van der Waals surface area contributed by atoms with Crippen molar-refractivity contribution in [2.75, 3.05) is 13.1 Å². The first kappa shape index (κ1) is 13.7. The first-order chi connectivity index (χ1) is 10.1. The van der Waals surface area contributed by atoms with Crippen molar-refractivity contribution in [3.63, 3.8) is 0 Å². The Morgan fingerprint density at radius 3 is 2.86 bits per heavy atom. The number of aromatic nitrogens is 2. The largest absolute Gasteiger partial charge is 0.478 e. The van der Waals surface area contributed by atoms with Gasteiger partial charge in [0.2, 0.25) is 0 Å². The molecule has 1 aliphatic heterocycles. The van der Waals surface area contributed by atoms with Gasteiger partial charge in [0, 0.05) is 23.7 Å². The summed E-state index contributed by atoms with van der Waals surface area (Å²) in [5.41, 5.74) is 2.58. The van der Waals surface area contributed by atoms with Crippen molar-refractivity contribution in [2.45, 2.75) is 19.3 Å². The van der Waals surface area contributed by atoms with Gasteiger partial charge < -0.3 is 10.4 Å². The molecule has 0 bridgehead atoms. The normalized spacial score (nSPS) is 17.9. The highest BCUT2D eigenvalue weighted by atomic mass is 16.4. The van der Waals surface area contributed by atoms with E-state index in [1.165, 1.54) is 0 Å². The Balaban J connectivity index is 2.08. The fraction of sp³-hybridized carbons (Fsp3) is 0.312. The van der Waals surface area contributed by atoms with E-state index >= 15 is 0 Å². The Morgan fingerprint density at radius 1 is 1.33 bits per heavy atom. The molecule has 5 heteroatoms. The summed E-state index contributed by atoms with van der Waals surface area (Å²) in [6.45, 7) is 3.75. The smallest absolute Gasteiger partial charge is 0.336 e. The van der Waals surface area contributed by atoms with E-state index in [1.54, 1.807) is 18.2 Å². The summed E-state index contributed by atoms with van der Waals surface area (Å²) in [7, 11) is 0. The molecule has 2 heterocycles. The van der Waals surface area contributed by atoms with Crippen LogP contribution in [0, 0.1) is 6.92 Å². The summed E-state index contributed by atoms with van der Waals surface area (Å²) in [6, 6.07) is 8.87. The molecule has 0 radical (unpaired) electrons. The second-order valence-corrected chi connectivity index (χ2v) is 5.27.